The highest BCUT2D eigenvalue weighted by molar-refractivity contribution is 7.68. The van der Waals surface area contributed by atoms with Crippen LogP contribution in [0.4, 0.5) is 0 Å². The molecule has 0 amide bonds. The zero-order chi connectivity index (χ0) is 7.68. The largest absolute Gasteiger partial charge is 0.410 e. The van der Waals surface area contributed by atoms with Crippen molar-refractivity contribution in [3.63, 3.8) is 0 Å². The van der Waals surface area contributed by atoms with Gasteiger partial charge >= 0.3 is 0 Å². The van der Waals surface area contributed by atoms with Crippen LogP contribution in [0.15, 0.2) is 5.16 Å². The van der Waals surface area contributed by atoms with Crippen LogP contribution in [-0.2, 0) is 12.8 Å². The Morgan fingerprint density at radius 1 is 1.18 bits per heavy atom. The molecular weight excluding hydrogens is 178 g/mol. The Morgan fingerprint density at radius 2 is 2.00 bits per heavy atom. The highest BCUT2D eigenvalue weighted by Crippen LogP contribution is 2.24. The second kappa shape index (κ2) is 2.95. The van der Waals surface area contributed by atoms with Gasteiger partial charge in [0.15, 0.2) is 4.67 Å². The lowest BCUT2D eigenvalue weighted by molar-refractivity contribution is 0.303. The number of fused-ring (bicyclic) bond motifs is 1. The highest BCUT2D eigenvalue weighted by atomic mass is 32.9. The van der Waals surface area contributed by atoms with Gasteiger partial charge in [0.2, 0.25) is 0 Å². The summed E-state index contributed by atoms with van der Waals surface area (Å²) in [6.45, 7) is 0. The van der Waals surface area contributed by atoms with Crippen molar-refractivity contribution in [2.45, 2.75) is 25.7 Å². The Bertz CT molecular complexity index is 312. The molecule has 0 bridgehead atoms. The molecule has 0 aliphatic heterocycles. The topological polar surface area (TPSA) is 32.6 Å². The van der Waals surface area contributed by atoms with E-state index in [2.05, 4.69) is 5.16 Å². The Kier molecular flexibility index (Phi) is 1.96. The van der Waals surface area contributed by atoms with Crippen LogP contribution in [0.25, 0.3) is 0 Å². The molecule has 0 saturated heterocycles. The maximum atomic E-state index is 8.62. The number of aryl methyl sites for hydroxylation is 1. The van der Waals surface area contributed by atoms with E-state index in [0.29, 0.717) is 0 Å². The van der Waals surface area contributed by atoms with Gasteiger partial charge in [-0.3, -0.25) is 0 Å². The minimum atomic E-state index is 0.838. The van der Waals surface area contributed by atoms with E-state index in [1.165, 1.54) is 29.7 Å². The molecule has 1 aliphatic rings. The number of hydrogen-bond donors (Lipinski definition) is 1. The van der Waals surface area contributed by atoms with Gasteiger partial charge in [0.25, 0.3) is 0 Å². The van der Waals surface area contributed by atoms with Crippen molar-refractivity contribution in [3.8, 4) is 0 Å². The summed E-state index contributed by atoms with van der Waals surface area (Å²) < 4.78 is 0.838. The van der Waals surface area contributed by atoms with Crippen molar-refractivity contribution >= 4 is 20.7 Å². The first-order valence-corrected chi connectivity index (χ1v) is 5.86. The van der Waals surface area contributed by atoms with Crippen LogP contribution < -0.4 is 4.67 Å². The normalized spacial score (nSPS) is 18.4. The third-order valence-electron chi connectivity index (χ3n) is 1.99. The summed E-state index contributed by atoms with van der Waals surface area (Å²) in [6.07, 6.45) is 4.84. The number of nitrogens with zero attached hydrogens (tertiary/aromatic N) is 1. The van der Waals surface area contributed by atoms with E-state index in [9.17, 15) is 0 Å². The molecule has 0 unspecified atom stereocenters. The van der Waals surface area contributed by atoms with Crippen LogP contribution in [-0.4, -0.2) is 5.21 Å². The molecule has 1 aliphatic carbocycles. The summed E-state index contributed by atoms with van der Waals surface area (Å²) in [5.74, 6) is 0. The molecule has 11 heavy (non-hydrogen) atoms. The van der Waals surface area contributed by atoms with E-state index >= 15 is 0 Å². The predicted molar refractivity (Wildman–Crippen MR) is 46.2 cm³/mol. The van der Waals surface area contributed by atoms with Gasteiger partial charge in [-0.25, -0.2) is 0 Å². The molecule has 2 rings (SSSR count). The SMILES string of the molecule is ON=c1ssc2c1CCCC2. The van der Waals surface area contributed by atoms with Gasteiger partial charge in [-0.05, 0) is 25.7 Å². The summed E-state index contributed by atoms with van der Waals surface area (Å²) in [4.78, 5) is 1.44. The summed E-state index contributed by atoms with van der Waals surface area (Å²) >= 11 is 0. The van der Waals surface area contributed by atoms with Crippen molar-refractivity contribution in [2.24, 2.45) is 5.16 Å². The Hall–Kier alpha value is -0.350. The van der Waals surface area contributed by atoms with Crippen LogP contribution in [0.2, 0.25) is 0 Å². The van der Waals surface area contributed by atoms with E-state index in [-0.39, 0.29) is 0 Å². The van der Waals surface area contributed by atoms with Crippen molar-refractivity contribution < 1.29 is 5.21 Å². The summed E-state index contributed by atoms with van der Waals surface area (Å²) in [5.41, 5.74) is 1.30. The molecule has 0 aromatic carbocycles. The quantitative estimate of drug-likeness (QED) is 0.376. The van der Waals surface area contributed by atoms with Crippen LogP contribution in [0, 0.1) is 0 Å². The molecule has 1 heterocycles. The third kappa shape index (κ3) is 1.20. The van der Waals surface area contributed by atoms with Gasteiger partial charge in [0, 0.05) is 10.4 Å². The van der Waals surface area contributed by atoms with E-state index in [1.807, 2.05) is 0 Å². The lowest BCUT2D eigenvalue weighted by Gasteiger charge is -2.07. The minimum Gasteiger partial charge on any atom is -0.410 e. The lowest BCUT2D eigenvalue weighted by Crippen LogP contribution is -2.08. The molecule has 0 spiro atoms. The van der Waals surface area contributed by atoms with Crippen molar-refractivity contribution in [1.29, 1.82) is 0 Å². The highest BCUT2D eigenvalue weighted by Gasteiger charge is 2.13. The molecule has 0 radical (unpaired) electrons. The fraction of sp³-hybridized carbons (Fsp3) is 0.571. The molecule has 1 aromatic rings. The van der Waals surface area contributed by atoms with Gasteiger partial charge in [0.1, 0.15) is 0 Å². The van der Waals surface area contributed by atoms with Crippen molar-refractivity contribution in [1.82, 2.24) is 0 Å². The van der Waals surface area contributed by atoms with E-state index < -0.39 is 0 Å². The van der Waals surface area contributed by atoms with Crippen molar-refractivity contribution in [2.75, 3.05) is 0 Å². The predicted octanol–water partition coefficient (Wildman–Crippen LogP) is 1.98. The van der Waals surface area contributed by atoms with Gasteiger partial charge in [-0.1, -0.05) is 25.8 Å². The number of hydrogen-bond acceptors (Lipinski definition) is 4. The molecule has 1 N–H and O–H groups in total. The molecule has 0 saturated carbocycles. The maximum absolute atomic E-state index is 8.62. The first-order valence-electron chi connectivity index (χ1n) is 3.71. The molecule has 0 atom stereocenters. The van der Waals surface area contributed by atoms with E-state index in [0.717, 1.165) is 11.1 Å². The molecule has 2 nitrogen and oxygen atoms in total. The molecule has 0 fully saturated rings. The van der Waals surface area contributed by atoms with Crippen LogP contribution in [0.5, 0.6) is 0 Å². The van der Waals surface area contributed by atoms with Gasteiger partial charge in [-0.2, -0.15) is 0 Å². The van der Waals surface area contributed by atoms with E-state index in [1.54, 1.807) is 20.7 Å². The van der Waals surface area contributed by atoms with Gasteiger partial charge in [0.05, 0.1) is 0 Å². The summed E-state index contributed by atoms with van der Waals surface area (Å²) in [6, 6.07) is 0. The van der Waals surface area contributed by atoms with Crippen LogP contribution in [0.1, 0.15) is 23.3 Å². The Morgan fingerprint density at radius 3 is 2.82 bits per heavy atom. The Labute approximate surface area is 72.2 Å². The molecule has 1 aromatic heterocycles. The zero-order valence-electron chi connectivity index (χ0n) is 6.04. The summed E-state index contributed by atoms with van der Waals surface area (Å²) in [7, 11) is 3.35. The maximum Gasteiger partial charge on any atom is 0.169 e. The zero-order valence-corrected chi connectivity index (χ0v) is 7.67. The fourth-order valence-electron chi connectivity index (χ4n) is 1.41. The monoisotopic (exact) mass is 187 g/mol. The fourth-order valence-corrected chi connectivity index (χ4v) is 4.04. The van der Waals surface area contributed by atoms with E-state index in [4.69, 9.17) is 5.21 Å². The minimum absolute atomic E-state index is 0.838. The third-order valence-corrected chi connectivity index (χ3v) is 4.54. The summed E-state index contributed by atoms with van der Waals surface area (Å²) in [5, 5.41) is 11.9. The molecular formula is C7H9NOS2. The molecule has 60 valence electrons. The second-order valence-corrected chi connectivity index (χ2v) is 4.89. The van der Waals surface area contributed by atoms with Crippen molar-refractivity contribution in [3.05, 3.63) is 15.1 Å². The smallest absolute Gasteiger partial charge is 0.169 e. The number of rotatable bonds is 0. The lowest BCUT2D eigenvalue weighted by atomic mass is 10.0. The van der Waals surface area contributed by atoms with Crippen LogP contribution >= 0.6 is 20.7 Å². The average Bonchev–Trinajstić information content (AvgIpc) is 2.47. The standard InChI is InChI=1S/C7H9NOS2/c9-8-7-5-3-1-2-4-6(5)10-11-7/h9H,1-4H2. The average molecular weight is 187 g/mol. The second-order valence-electron chi connectivity index (χ2n) is 2.68. The van der Waals surface area contributed by atoms with Gasteiger partial charge in [-0.15, -0.1) is 0 Å². The Balaban J connectivity index is 2.54. The molecule has 4 heteroatoms. The van der Waals surface area contributed by atoms with Gasteiger partial charge < -0.3 is 5.21 Å². The first-order chi connectivity index (χ1) is 5.42. The first kappa shape index (κ1) is 7.31. The van der Waals surface area contributed by atoms with Crippen LogP contribution in [0.3, 0.4) is 0 Å².